The monoisotopic (exact) mass is 451 g/mol. The predicted molar refractivity (Wildman–Crippen MR) is 138 cm³/mol. The lowest BCUT2D eigenvalue weighted by Crippen LogP contribution is -2.62. The highest BCUT2D eigenvalue weighted by Crippen LogP contribution is 2.04. The van der Waals surface area contributed by atoms with Crippen LogP contribution in [0.25, 0.3) is 0 Å². The first-order valence-corrected chi connectivity index (χ1v) is 12.2. The van der Waals surface area contributed by atoms with E-state index in [2.05, 4.69) is 63.2 Å². The Kier molecular flexibility index (Phi) is 17.2. The van der Waals surface area contributed by atoms with Gasteiger partial charge >= 0.3 is 0 Å². The summed E-state index contributed by atoms with van der Waals surface area (Å²) in [6.45, 7) is 16.9. The maximum absolute atomic E-state index is 6.71. The number of rotatable bonds is 22. The minimum absolute atomic E-state index is 0.320. The third kappa shape index (κ3) is 15.5. The summed E-state index contributed by atoms with van der Waals surface area (Å²) in [5, 5.41) is 24.1. The van der Waals surface area contributed by atoms with Gasteiger partial charge in [0.1, 0.15) is 0 Å². The van der Waals surface area contributed by atoms with Crippen molar-refractivity contribution in [3.05, 3.63) is 29.8 Å². The van der Waals surface area contributed by atoms with Crippen LogP contribution in [0, 0.1) is 0 Å². The molecule has 1 rings (SSSR count). The highest BCUT2D eigenvalue weighted by Gasteiger charge is 2.23. The lowest BCUT2D eigenvalue weighted by Gasteiger charge is -2.31. The summed E-state index contributed by atoms with van der Waals surface area (Å²) in [6.07, 6.45) is 0. The van der Waals surface area contributed by atoms with Crippen LogP contribution >= 0.6 is 0 Å². The largest absolute Gasteiger partial charge is 0.399 e. The van der Waals surface area contributed by atoms with Crippen molar-refractivity contribution >= 4 is 5.69 Å². The predicted octanol–water partition coefficient (Wildman–Crippen LogP) is -1.37. The minimum atomic E-state index is -0.320. The van der Waals surface area contributed by atoms with Crippen LogP contribution in [-0.4, -0.2) is 90.6 Å². The summed E-state index contributed by atoms with van der Waals surface area (Å²) in [6, 6.07) is 7.99. The molecule has 0 unspecified atom stereocenters. The molecule has 0 spiro atoms. The molecule has 1 aromatic rings. The molecule has 0 aliphatic rings. The van der Waals surface area contributed by atoms with Gasteiger partial charge in [-0.05, 0) is 30.8 Å². The fraction of sp³-hybridized carbons (Fsp3) is 0.739. The van der Waals surface area contributed by atoms with E-state index in [-0.39, 0.29) is 5.54 Å². The Bertz CT molecular complexity index is 525. The summed E-state index contributed by atoms with van der Waals surface area (Å²) in [7, 11) is 0. The molecular weight excluding hydrogens is 402 g/mol. The van der Waals surface area contributed by atoms with Crippen LogP contribution in [-0.2, 0) is 6.54 Å². The Hall–Kier alpha value is -1.30. The summed E-state index contributed by atoms with van der Waals surface area (Å²) in [5.41, 5.74) is 14.2. The van der Waals surface area contributed by atoms with E-state index in [1.807, 2.05) is 12.1 Å². The molecule has 9 heteroatoms. The van der Waals surface area contributed by atoms with Gasteiger partial charge in [-0.3, -0.25) is 0 Å². The van der Waals surface area contributed by atoms with Crippen LogP contribution in [0.5, 0.6) is 0 Å². The van der Waals surface area contributed by atoms with E-state index < -0.39 is 0 Å². The molecule has 0 aromatic heterocycles. The van der Waals surface area contributed by atoms with Crippen LogP contribution < -0.4 is 48.7 Å². The van der Waals surface area contributed by atoms with Crippen molar-refractivity contribution in [2.24, 2.45) is 5.73 Å². The molecule has 0 fully saturated rings. The SMILES string of the molecule is CCNCCNCC(N)(CNCCNCC)CNCCNCCNCc1ccc(N)cc1. The Labute approximate surface area is 195 Å². The standard InChI is InChI=1S/C23H49N9/c1-3-26-9-14-30-18-23(25,19-31-15-10-27-4-2)20-32-16-12-28-11-13-29-17-21-5-7-22(24)8-6-21/h5-8,26-32H,3-4,9-20,24-25H2,1-2H3. The fourth-order valence-corrected chi connectivity index (χ4v) is 3.25. The van der Waals surface area contributed by atoms with E-state index in [4.69, 9.17) is 11.5 Å². The van der Waals surface area contributed by atoms with E-state index in [1.54, 1.807) is 0 Å². The zero-order valence-corrected chi connectivity index (χ0v) is 20.4. The number of benzene rings is 1. The lowest BCUT2D eigenvalue weighted by atomic mass is 10.0. The van der Waals surface area contributed by atoms with Gasteiger partial charge in [-0.1, -0.05) is 26.0 Å². The van der Waals surface area contributed by atoms with Gasteiger partial charge in [0.25, 0.3) is 0 Å². The van der Waals surface area contributed by atoms with Crippen LogP contribution in [0.2, 0.25) is 0 Å². The quantitative estimate of drug-likeness (QED) is 0.0773. The van der Waals surface area contributed by atoms with Gasteiger partial charge < -0.3 is 48.7 Å². The molecule has 0 aliphatic heterocycles. The molecule has 9 nitrogen and oxygen atoms in total. The number of hydrogen-bond acceptors (Lipinski definition) is 9. The molecule has 0 radical (unpaired) electrons. The Morgan fingerprint density at radius 1 is 0.594 bits per heavy atom. The van der Waals surface area contributed by atoms with Crippen molar-refractivity contribution in [2.45, 2.75) is 25.9 Å². The first kappa shape index (κ1) is 28.7. The molecular formula is C23H49N9. The van der Waals surface area contributed by atoms with Crippen molar-refractivity contribution in [1.82, 2.24) is 37.2 Å². The Balaban J connectivity index is 2.14. The highest BCUT2D eigenvalue weighted by molar-refractivity contribution is 5.39. The molecule has 1 aromatic carbocycles. The molecule has 32 heavy (non-hydrogen) atoms. The summed E-state index contributed by atoms with van der Waals surface area (Å²) < 4.78 is 0. The summed E-state index contributed by atoms with van der Waals surface area (Å²) >= 11 is 0. The van der Waals surface area contributed by atoms with Gasteiger partial charge in [-0.2, -0.15) is 0 Å². The molecule has 0 amide bonds. The number of likely N-dealkylation sites (N-methyl/N-ethyl adjacent to an activating group) is 2. The zero-order chi connectivity index (χ0) is 23.3. The lowest BCUT2D eigenvalue weighted by molar-refractivity contribution is 0.350. The van der Waals surface area contributed by atoms with E-state index in [0.29, 0.717) is 0 Å². The normalized spacial score (nSPS) is 11.8. The Morgan fingerprint density at radius 3 is 1.47 bits per heavy atom. The van der Waals surface area contributed by atoms with Crippen molar-refractivity contribution in [3.8, 4) is 0 Å². The molecule has 0 bridgehead atoms. The zero-order valence-electron chi connectivity index (χ0n) is 20.4. The fourth-order valence-electron chi connectivity index (χ4n) is 3.25. The van der Waals surface area contributed by atoms with Crippen molar-refractivity contribution < 1.29 is 0 Å². The average molecular weight is 452 g/mol. The van der Waals surface area contributed by atoms with Gasteiger partial charge in [0, 0.05) is 84.2 Å². The minimum Gasteiger partial charge on any atom is -0.399 e. The summed E-state index contributed by atoms with van der Waals surface area (Å²) in [4.78, 5) is 0. The topological polar surface area (TPSA) is 136 Å². The third-order valence-corrected chi connectivity index (χ3v) is 5.15. The maximum Gasteiger partial charge on any atom is 0.0533 e. The molecule has 186 valence electrons. The number of nitrogens with two attached hydrogens (primary N) is 2. The van der Waals surface area contributed by atoms with E-state index >= 15 is 0 Å². The number of nitrogens with one attached hydrogen (secondary N) is 7. The number of anilines is 1. The van der Waals surface area contributed by atoms with Gasteiger partial charge in [0.15, 0.2) is 0 Å². The smallest absolute Gasteiger partial charge is 0.0533 e. The molecule has 0 saturated carbocycles. The first-order valence-electron chi connectivity index (χ1n) is 12.2. The van der Waals surface area contributed by atoms with E-state index in [1.165, 1.54) is 5.56 Å². The first-order chi connectivity index (χ1) is 15.6. The number of hydrogen-bond donors (Lipinski definition) is 9. The van der Waals surface area contributed by atoms with Crippen LogP contribution in [0.15, 0.2) is 24.3 Å². The average Bonchev–Trinajstić information content (AvgIpc) is 2.79. The molecule has 0 heterocycles. The van der Waals surface area contributed by atoms with E-state index in [0.717, 1.165) is 97.3 Å². The van der Waals surface area contributed by atoms with E-state index in [9.17, 15) is 0 Å². The van der Waals surface area contributed by atoms with Gasteiger partial charge in [-0.25, -0.2) is 0 Å². The summed E-state index contributed by atoms with van der Waals surface area (Å²) in [5.74, 6) is 0. The second-order valence-electron chi connectivity index (χ2n) is 8.27. The van der Waals surface area contributed by atoms with Crippen LogP contribution in [0.4, 0.5) is 5.69 Å². The van der Waals surface area contributed by atoms with Crippen molar-refractivity contribution in [2.75, 3.05) is 90.8 Å². The molecule has 0 aliphatic carbocycles. The molecule has 11 N–H and O–H groups in total. The Morgan fingerprint density at radius 2 is 1.00 bits per heavy atom. The number of nitrogen functional groups attached to an aromatic ring is 1. The van der Waals surface area contributed by atoms with Gasteiger partial charge in [0.2, 0.25) is 0 Å². The van der Waals surface area contributed by atoms with Crippen molar-refractivity contribution in [3.63, 3.8) is 0 Å². The van der Waals surface area contributed by atoms with Crippen molar-refractivity contribution in [1.29, 1.82) is 0 Å². The van der Waals surface area contributed by atoms with Crippen LogP contribution in [0.1, 0.15) is 19.4 Å². The van der Waals surface area contributed by atoms with Crippen LogP contribution in [0.3, 0.4) is 0 Å². The highest BCUT2D eigenvalue weighted by atomic mass is 15.1. The maximum atomic E-state index is 6.71. The molecule has 0 saturated heterocycles. The third-order valence-electron chi connectivity index (χ3n) is 5.15. The second kappa shape index (κ2) is 19.2. The second-order valence-corrected chi connectivity index (χ2v) is 8.27. The van der Waals surface area contributed by atoms with Gasteiger partial charge in [-0.15, -0.1) is 0 Å². The molecule has 0 atom stereocenters. The van der Waals surface area contributed by atoms with Gasteiger partial charge in [0.05, 0.1) is 5.54 Å².